The Morgan fingerprint density at radius 2 is 1.72 bits per heavy atom. The molecule has 108 valence electrons. The van der Waals surface area contributed by atoms with Crippen LogP contribution in [0.15, 0.2) is 12.2 Å². The first kappa shape index (κ1) is 17.8. The molecular formula is C13H28O4Si. The second-order valence-corrected chi connectivity index (χ2v) is 11.3. The SMILES string of the molecule is CC(C)(C)[Si](C)(C)OC[C@@H](O)/C=C\[C@](C)(O)CO. The summed E-state index contributed by atoms with van der Waals surface area (Å²) in [6.45, 7) is 12.0. The summed E-state index contributed by atoms with van der Waals surface area (Å²) in [6, 6.07) is 0. The summed E-state index contributed by atoms with van der Waals surface area (Å²) in [5.41, 5.74) is -1.29. The Balaban J connectivity index is 4.32. The van der Waals surface area contributed by atoms with Crippen LogP contribution in [0.4, 0.5) is 0 Å². The van der Waals surface area contributed by atoms with Crippen LogP contribution in [0.25, 0.3) is 0 Å². The van der Waals surface area contributed by atoms with Crippen molar-refractivity contribution in [1.82, 2.24) is 0 Å². The summed E-state index contributed by atoms with van der Waals surface area (Å²) in [5.74, 6) is 0. The van der Waals surface area contributed by atoms with E-state index in [-0.39, 0.29) is 18.3 Å². The van der Waals surface area contributed by atoms with E-state index in [1.54, 1.807) is 0 Å². The van der Waals surface area contributed by atoms with E-state index in [4.69, 9.17) is 9.53 Å². The van der Waals surface area contributed by atoms with Crippen LogP contribution in [-0.4, -0.2) is 48.6 Å². The zero-order chi connectivity index (χ0) is 14.6. The molecule has 2 atom stereocenters. The first-order chi connectivity index (χ1) is 7.91. The van der Waals surface area contributed by atoms with Crippen molar-refractivity contribution in [2.45, 2.75) is 57.5 Å². The molecule has 0 aromatic carbocycles. The molecule has 0 rings (SSSR count). The molecule has 0 aliphatic heterocycles. The standard InChI is InChI=1S/C13H28O4Si/c1-12(2,3)18(5,6)17-9-11(15)7-8-13(4,16)10-14/h7-8,11,14-16H,9-10H2,1-6H3/b8-7-/t11-,13-/m0/s1. The highest BCUT2D eigenvalue weighted by atomic mass is 28.4. The number of aliphatic hydroxyl groups is 3. The van der Waals surface area contributed by atoms with Crippen LogP contribution in [0.3, 0.4) is 0 Å². The van der Waals surface area contributed by atoms with Crippen molar-refractivity contribution in [2.24, 2.45) is 0 Å². The van der Waals surface area contributed by atoms with Gasteiger partial charge in [-0.1, -0.05) is 32.9 Å². The molecule has 0 radical (unpaired) electrons. The third-order valence-corrected chi connectivity index (χ3v) is 7.92. The molecule has 0 amide bonds. The predicted molar refractivity (Wildman–Crippen MR) is 76.0 cm³/mol. The highest BCUT2D eigenvalue weighted by Gasteiger charge is 2.37. The van der Waals surface area contributed by atoms with Gasteiger partial charge in [-0.25, -0.2) is 0 Å². The second-order valence-electron chi connectivity index (χ2n) is 6.51. The summed E-state index contributed by atoms with van der Waals surface area (Å²) < 4.78 is 5.85. The Morgan fingerprint density at radius 1 is 1.22 bits per heavy atom. The quantitative estimate of drug-likeness (QED) is 0.510. The molecule has 5 heteroatoms. The van der Waals surface area contributed by atoms with Gasteiger partial charge in [0.25, 0.3) is 0 Å². The molecule has 0 aliphatic carbocycles. The van der Waals surface area contributed by atoms with Gasteiger partial charge in [0.05, 0.1) is 19.3 Å². The third-order valence-electron chi connectivity index (χ3n) is 3.42. The van der Waals surface area contributed by atoms with Gasteiger partial charge in [-0.05, 0) is 25.1 Å². The predicted octanol–water partition coefficient (Wildman–Crippen LogP) is 1.67. The normalized spacial score (nSPS) is 18.9. The van der Waals surface area contributed by atoms with E-state index < -0.39 is 20.0 Å². The van der Waals surface area contributed by atoms with E-state index in [1.807, 2.05) is 0 Å². The molecule has 0 unspecified atom stereocenters. The number of aliphatic hydroxyl groups excluding tert-OH is 2. The molecule has 0 aromatic heterocycles. The lowest BCUT2D eigenvalue weighted by Crippen LogP contribution is -2.42. The van der Waals surface area contributed by atoms with Crippen LogP contribution in [0, 0.1) is 0 Å². The van der Waals surface area contributed by atoms with Crippen molar-refractivity contribution < 1.29 is 19.7 Å². The summed E-state index contributed by atoms with van der Waals surface area (Å²) in [4.78, 5) is 0. The molecule has 0 bridgehead atoms. The van der Waals surface area contributed by atoms with E-state index in [0.717, 1.165) is 0 Å². The minimum Gasteiger partial charge on any atom is -0.414 e. The minimum atomic E-state index is -1.86. The maximum atomic E-state index is 9.75. The smallest absolute Gasteiger partial charge is 0.192 e. The first-order valence-corrected chi connectivity index (χ1v) is 9.17. The summed E-state index contributed by atoms with van der Waals surface area (Å²) in [5, 5.41) is 28.3. The number of rotatable bonds is 6. The van der Waals surface area contributed by atoms with Crippen LogP contribution in [0.2, 0.25) is 18.1 Å². The van der Waals surface area contributed by atoms with Crippen molar-refractivity contribution in [2.75, 3.05) is 13.2 Å². The van der Waals surface area contributed by atoms with E-state index in [1.165, 1.54) is 19.1 Å². The molecular weight excluding hydrogens is 248 g/mol. The van der Waals surface area contributed by atoms with Gasteiger partial charge in [-0.3, -0.25) is 0 Å². The van der Waals surface area contributed by atoms with E-state index in [2.05, 4.69) is 33.9 Å². The van der Waals surface area contributed by atoms with Crippen molar-refractivity contribution in [3.05, 3.63) is 12.2 Å². The first-order valence-electron chi connectivity index (χ1n) is 6.26. The van der Waals surface area contributed by atoms with E-state index in [9.17, 15) is 10.2 Å². The maximum Gasteiger partial charge on any atom is 0.192 e. The minimum absolute atomic E-state index is 0.104. The van der Waals surface area contributed by atoms with Crippen molar-refractivity contribution >= 4 is 8.32 Å². The zero-order valence-electron chi connectivity index (χ0n) is 12.4. The number of hydrogen-bond donors (Lipinski definition) is 3. The molecule has 0 saturated carbocycles. The molecule has 4 nitrogen and oxygen atoms in total. The van der Waals surface area contributed by atoms with Crippen LogP contribution in [0.1, 0.15) is 27.7 Å². The van der Waals surface area contributed by atoms with Gasteiger partial charge in [0.1, 0.15) is 5.60 Å². The maximum absolute atomic E-state index is 9.75. The van der Waals surface area contributed by atoms with Gasteiger partial charge >= 0.3 is 0 Å². The van der Waals surface area contributed by atoms with Crippen molar-refractivity contribution in [1.29, 1.82) is 0 Å². The highest BCUT2D eigenvalue weighted by Crippen LogP contribution is 2.36. The lowest BCUT2D eigenvalue weighted by Gasteiger charge is -2.36. The molecule has 0 fully saturated rings. The Labute approximate surface area is 111 Å². The van der Waals surface area contributed by atoms with E-state index >= 15 is 0 Å². The molecule has 0 aliphatic rings. The fourth-order valence-electron chi connectivity index (χ4n) is 0.937. The lowest BCUT2D eigenvalue weighted by atomic mass is 10.1. The van der Waals surface area contributed by atoms with Crippen LogP contribution >= 0.6 is 0 Å². The zero-order valence-corrected chi connectivity index (χ0v) is 13.4. The molecule has 3 N–H and O–H groups in total. The fraction of sp³-hybridized carbons (Fsp3) is 0.846. The summed E-state index contributed by atoms with van der Waals surface area (Å²) in [6.07, 6.45) is 2.09. The Morgan fingerprint density at radius 3 is 2.11 bits per heavy atom. The Hall–Kier alpha value is -0.203. The lowest BCUT2D eigenvalue weighted by molar-refractivity contribution is 0.0417. The Kier molecular flexibility index (Phi) is 6.23. The van der Waals surface area contributed by atoms with Crippen LogP contribution in [0.5, 0.6) is 0 Å². The van der Waals surface area contributed by atoms with Gasteiger partial charge < -0.3 is 19.7 Å². The summed E-state index contributed by atoms with van der Waals surface area (Å²) in [7, 11) is -1.86. The van der Waals surface area contributed by atoms with Crippen LogP contribution in [-0.2, 0) is 4.43 Å². The highest BCUT2D eigenvalue weighted by molar-refractivity contribution is 6.74. The summed E-state index contributed by atoms with van der Waals surface area (Å²) >= 11 is 0. The van der Waals surface area contributed by atoms with Gasteiger partial charge in [-0.15, -0.1) is 0 Å². The average Bonchev–Trinajstić information content (AvgIpc) is 2.22. The van der Waals surface area contributed by atoms with Gasteiger partial charge in [0.15, 0.2) is 8.32 Å². The van der Waals surface area contributed by atoms with Gasteiger partial charge in [0.2, 0.25) is 0 Å². The van der Waals surface area contributed by atoms with Gasteiger partial charge in [-0.2, -0.15) is 0 Å². The molecule has 0 heterocycles. The second kappa shape index (κ2) is 6.30. The van der Waals surface area contributed by atoms with Gasteiger partial charge in [0, 0.05) is 0 Å². The molecule has 0 saturated heterocycles. The fourth-order valence-corrected chi connectivity index (χ4v) is 1.96. The van der Waals surface area contributed by atoms with Crippen molar-refractivity contribution in [3.63, 3.8) is 0 Å². The van der Waals surface area contributed by atoms with E-state index in [0.29, 0.717) is 0 Å². The topological polar surface area (TPSA) is 69.9 Å². The molecule has 0 spiro atoms. The average molecular weight is 276 g/mol. The van der Waals surface area contributed by atoms with Crippen molar-refractivity contribution in [3.8, 4) is 0 Å². The molecule has 18 heavy (non-hydrogen) atoms. The third kappa shape index (κ3) is 6.11. The molecule has 0 aromatic rings. The Bertz CT molecular complexity index is 279. The largest absolute Gasteiger partial charge is 0.414 e. The van der Waals surface area contributed by atoms with Crippen LogP contribution < -0.4 is 0 Å². The number of hydrogen-bond acceptors (Lipinski definition) is 4. The monoisotopic (exact) mass is 276 g/mol.